The number of rotatable bonds is 1. The van der Waals surface area contributed by atoms with Crippen LogP contribution in [0.4, 0.5) is 10.1 Å². The third kappa shape index (κ3) is 1.67. The summed E-state index contributed by atoms with van der Waals surface area (Å²) in [5.74, 6) is -1.84. The molecule has 0 aliphatic carbocycles. The Morgan fingerprint density at radius 1 is 1.60 bits per heavy atom. The summed E-state index contributed by atoms with van der Waals surface area (Å²) in [6.07, 6.45) is 0.505. The van der Waals surface area contributed by atoms with Crippen LogP contribution in [0, 0.1) is 12.7 Å². The zero-order valence-corrected chi connectivity index (χ0v) is 8.38. The Morgan fingerprint density at radius 2 is 2.33 bits per heavy atom. The molecule has 2 N–H and O–H groups in total. The Labute approximate surface area is 86.9 Å². The largest absolute Gasteiger partial charge is 0.481 e. The first kappa shape index (κ1) is 9.96. The molecule has 1 aromatic rings. The van der Waals surface area contributed by atoms with Gasteiger partial charge in [-0.3, -0.25) is 4.79 Å². The van der Waals surface area contributed by atoms with Gasteiger partial charge in [0.05, 0.1) is 11.6 Å². The van der Waals surface area contributed by atoms with Crippen LogP contribution in [0.5, 0.6) is 0 Å². The molecule has 0 fully saturated rings. The van der Waals surface area contributed by atoms with E-state index in [1.807, 2.05) is 0 Å². The molecule has 0 aromatic heterocycles. The minimum absolute atomic E-state index is 0.347. The maximum absolute atomic E-state index is 13.5. The van der Waals surface area contributed by atoms with Gasteiger partial charge in [-0.25, -0.2) is 4.39 Å². The molecular weight excluding hydrogens is 197 g/mol. The molecule has 0 radical (unpaired) electrons. The summed E-state index contributed by atoms with van der Waals surface area (Å²) in [5, 5.41) is 11.9. The van der Waals surface area contributed by atoms with E-state index in [-0.39, 0.29) is 5.82 Å². The smallest absolute Gasteiger partial charge is 0.311 e. The van der Waals surface area contributed by atoms with E-state index < -0.39 is 11.9 Å². The lowest BCUT2D eigenvalue weighted by molar-refractivity contribution is -0.138. The van der Waals surface area contributed by atoms with E-state index in [1.54, 1.807) is 13.0 Å². The van der Waals surface area contributed by atoms with Crippen LogP contribution in [0.3, 0.4) is 0 Å². The second-order valence-electron chi connectivity index (χ2n) is 3.82. The second kappa shape index (κ2) is 3.53. The fourth-order valence-corrected chi connectivity index (χ4v) is 1.98. The SMILES string of the molecule is Cc1cc(F)c2c(c1)C(C(=O)O)CCN2. The molecule has 1 aliphatic heterocycles. The Hall–Kier alpha value is -1.58. The lowest BCUT2D eigenvalue weighted by Crippen LogP contribution is -2.23. The predicted octanol–water partition coefficient (Wildman–Crippen LogP) is 2.12. The summed E-state index contributed by atoms with van der Waals surface area (Å²) in [6.45, 7) is 2.26. The van der Waals surface area contributed by atoms with Gasteiger partial charge in [0.1, 0.15) is 5.82 Å². The third-order valence-electron chi connectivity index (χ3n) is 2.67. The Balaban J connectivity index is 2.55. The van der Waals surface area contributed by atoms with Crippen LogP contribution in [0.15, 0.2) is 12.1 Å². The first-order valence-corrected chi connectivity index (χ1v) is 4.86. The number of hydrogen-bond donors (Lipinski definition) is 2. The van der Waals surface area contributed by atoms with Gasteiger partial charge < -0.3 is 10.4 Å². The molecule has 0 bridgehead atoms. The van der Waals surface area contributed by atoms with Crippen molar-refractivity contribution < 1.29 is 14.3 Å². The number of aryl methyl sites for hydroxylation is 1. The molecule has 1 aliphatic rings. The van der Waals surface area contributed by atoms with Crippen molar-refractivity contribution in [2.24, 2.45) is 0 Å². The van der Waals surface area contributed by atoms with Crippen molar-refractivity contribution in [3.63, 3.8) is 0 Å². The lowest BCUT2D eigenvalue weighted by atomic mass is 9.90. The zero-order chi connectivity index (χ0) is 11.0. The Kier molecular flexibility index (Phi) is 2.34. The van der Waals surface area contributed by atoms with Gasteiger partial charge in [-0.15, -0.1) is 0 Å². The standard InChI is InChI=1S/C11H12FNO2/c1-6-4-8-7(11(14)15)2-3-13-10(8)9(12)5-6/h4-5,7,13H,2-3H2,1H3,(H,14,15). The quantitative estimate of drug-likeness (QED) is 0.744. The third-order valence-corrected chi connectivity index (χ3v) is 2.67. The van der Waals surface area contributed by atoms with Crippen LogP contribution in [0.25, 0.3) is 0 Å². The number of benzene rings is 1. The van der Waals surface area contributed by atoms with Crippen molar-refractivity contribution in [3.8, 4) is 0 Å². The summed E-state index contributed by atoms with van der Waals surface area (Å²) in [6, 6.07) is 3.15. The molecule has 0 spiro atoms. The maximum Gasteiger partial charge on any atom is 0.311 e. The molecular formula is C11H12FNO2. The highest BCUT2D eigenvalue weighted by molar-refractivity contribution is 5.80. The van der Waals surface area contributed by atoms with Crippen LogP contribution in [0.1, 0.15) is 23.5 Å². The second-order valence-corrected chi connectivity index (χ2v) is 3.82. The highest BCUT2D eigenvalue weighted by Gasteiger charge is 2.27. The summed E-state index contributed by atoms with van der Waals surface area (Å²) < 4.78 is 13.5. The normalized spacial score (nSPS) is 19.2. The van der Waals surface area contributed by atoms with E-state index >= 15 is 0 Å². The van der Waals surface area contributed by atoms with Gasteiger partial charge >= 0.3 is 5.97 Å². The monoisotopic (exact) mass is 209 g/mol. The molecule has 4 heteroatoms. The minimum Gasteiger partial charge on any atom is -0.481 e. The molecule has 2 rings (SSSR count). The number of carbonyl (C=O) groups is 1. The van der Waals surface area contributed by atoms with Crippen molar-refractivity contribution in [2.45, 2.75) is 19.3 Å². The fourth-order valence-electron chi connectivity index (χ4n) is 1.98. The molecule has 0 saturated carbocycles. The first-order valence-electron chi connectivity index (χ1n) is 4.86. The Bertz CT molecular complexity index is 417. The molecule has 80 valence electrons. The summed E-state index contributed by atoms with van der Waals surface area (Å²) in [5.41, 5.74) is 1.66. The molecule has 1 unspecified atom stereocenters. The number of nitrogens with one attached hydrogen (secondary N) is 1. The van der Waals surface area contributed by atoms with Crippen LogP contribution >= 0.6 is 0 Å². The van der Waals surface area contributed by atoms with Gasteiger partial charge in [0, 0.05) is 6.54 Å². The average Bonchev–Trinajstić information content (AvgIpc) is 2.16. The number of fused-ring (bicyclic) bond motifs is 1. The molecule has 15 heavy (non-hydrogen) atoms. The fraction of sp³-hybridized carbons (Fsp3) is 0.364. The van der Waals surface area contributed by atoms with Gasteiger partial charge in [-0.1, -0.05) is 6.07 Å². The predicted molar refractivity (Wildman–Crippen MR) is 54.6 cm³/mol. The summed E-state index contributed by atoms with van der Waals surface area (Å²) >= 11 is 0. The van der Waals surface area contributed by atoms with Gasteiger partial charge in [0.2, 0.25) is 0 Å². The number of aliphatic carboxylic acids is 1. The molecule has 0 saturated heterocycles. The molecule has 1 aromatic carbocycles. The highest BCUT2D eigenvalue weighted by Crippen LogP contribution is 2.34. The van der Waals surface area contributed by atoms with Crippen molar-refractivity contribution in [1.82, 2.24) is 0 Å². The van der Waals surface area contributed by atoms with E-state index in [4.69, 9.17) is 5.11 Å². The van der Waals surface area contributed by atoms with E-state index in [0.717, 1.165) is 5.56 Å². The maximum atomic E-state index is 13.5. The van der Waals surface area contributed by atoms with Crippen LogP contribution in [0.2, 0.25) is 0 Å². The topological polar surface area (TPSA) is 49.3 Å². The van der Waals surface area contributed by atoms with E-state index in [9.17, 15) is 9.18 Å². The molecule has 3 nitrogen and oxygen atoms in total. The van der Waals surface area contributed by atoms with Gasteiger partial charge in [-0.2, -0.15) is 0 Å². The van der Waals surface area contributed by atoms with Gasteiger partial charge in [-0.05, 0) is 30.5 Å². The van der Waals surface area contributed by atoms with E-state index in [0.29, 0.717) is 24.2 Å². The van der Waals surface area contributed by atoms with Crippen molar-refractivity contribution in [3.05, 3.63) is 29.1 Å². The molecule has 1 heterocycles. The Morgan fingerprint density at radius 3 is 3.00 bits per heavy atom. The number of carboxylic acids is 1. The van der Waals surface area contributed by atoms with E-state index in [1.165, 1.54) is 6.07 Å². The van der Waals surface area contributed by atoms with Crippen LogP contribution in [-0.2, 0) is 4.79 Å². The van der Waals surface area contributed by atoms with Crippen molar-refractivity contribution in [1.29, 1.82) is 0 Å². The molecule has 1 atom stereocenters. The lowest BCUT2D eigenvalue weighted by Gasteiger charge is -2.24. The highest BCUT2D eigenvalue weighted by atomic mass is 19.1. The number of carboxylic acid groups (broad SMARTS) is 1. The van der Waals surface area contributed by atoms with Crippen LogP contribution in [-0.4, -0.2) is 17.6 Å². The zero-order valence-electron chi connectivity index (χ0n) is 8.38. The first-order chi connectivity index (χ1) is 7.09. The molecule has 0 amide bonds. The number of halogens is 1. The van der Waals surface area contributed by atoms with Crippen LogP contribution < -0.4 is 5.32 Å². The van der Waals surface area contributed by atoms with Crippen molar-refractivity contribution >= 4 is 11.7 Å². The average molecular weight is 209 g/mol. The van der Waals surface area contributed by atoms with Crippen molar-refractivity contribution in [2.75, 3.05) is 11.9 Å². The number of anilines is 1. The minimum atomic E-state index is -0.886. The van der Waals surface area contributed by atoms with Gasteiger partial charge in [0.25, 0.3) is 0 Å². The van der Waals surface area contributed by atoms with Gasteiger partial charge in [0.15, 0.2) is 0 Å². The summed E-state index contributed by atoms with van der Waals surface area (Å²) in [7, 11) is 0. The summed E-state index contributed by atoms with van der Waals surface area (Å²) in [4.78, 5) is 11.0. The number of hydrogen-bond acceptors (Lipinski definition) is 2. The van der Waals surface area contributed by atoms with E-state index in [2.05, 4.69) is 5.32 Å².